The number of aryl methyl sites for hydroxylation is 1. The molecule has 2 aliphatic rings. The van der Waals surface area contributed by atoms with Crippen molar-refractivity contribution in [3.05, 3.63) is 29.3 Å². The SMILES string of the molecule is CCc1ccc(C(=O)N2CCC(C(=O)O)C2)cc1S(=O)(=O)N1CCOCC1. The molecule has 2 heterocycles. The van der Waals surface area contributed by atoms with Crippen LogP contribution >= 0.6 is 0 Å². The Bertz CT molecular complexity index is 832. The molecule has 0 aromatic heterocycles. The molecule has 1 aromatic rings. The number of morpholine rings is 1. The van der Waals surface area contributed by atoms with Gasteiger partial charge in [0.15, 0.2) is 0 Å². The lowest BCUT2D eigenvalue weighted by Crippen LogP contribution is -2.41. The van der Waals surface area contributed by atoms with Crippen LogP contribution in [0.25, 0.3) is 0 Å². The summed E-state index contributed by atoms with van der Waals surface area (Å²) < 4.78 is 32.8. The number of carboxylic acids is 1. The molecule has 3 rings (SSSR count). The molecule has 0 aliphatic carbocycles. The summed E-state index contributed by atoms with van der Waals surface area (Å²) in [5.74, 6) is -1.82. The molecule has 9 heteroatoms. The van der Waals surface area contributed by atoms with Crippen molar-refractivity contribution in [3.63, 3.8) is 0 Å². The molecule has 8 nitrogen and oxygen atoms in total. The van der Waals surface area contributed by atoms with Crippen molar-refractivity contribution in [3.8, 4) is 0 Å². The first-order chi connectivity index (χ1) is 12.8. The van der Waals surface area contributed by atoms with Crippen LogP contribution < -0.4 is 0 Å². The summed E-state index contributed by atoms with van der Waals surface area (Å²) in [6.07, 6.45) is 0.936. The standard InChI is InChI=1S/C18H24N2O6S/c1-2-13-3-4-14(17(21)19-6-5-15(12-19)18(22)23)11-16(13)27(24,25)20-7-9-26-10-8-20/h3-4,11,15H,2,5-10,12H2,1H3,(H,22,23). The third-order valence-electron chi connectivity index (χ3n) is 5.11. The first-order valence-corrected chi connectivity index (χ1v) is 10.5. The van der Waals surface area contributed by atoms with Gasteiger partial charge in [0.25, 0.3) is 5.91 Å². The van der Waals surface area contributed by atoms with Crippen molar-refractivity contribution in [1.29, 1.82) is 0 Å². The fraction of sp³-hybridized carbons (Fsp3) is 0.556. The molecule has 0 radical (unpaired) electrons. The lowest BCUT2D eigenvalue weighted by molar-refractivity contribution is -0.141. The Balaban J connectivity index is 1.89. The third-order valence-corrected chi connectivity index (χ3v) is 7.09. The Hall–Kier alpha value is -1.97. The van der Waals surface area contributed by atoms with Crippen LogP contribution in [-0.4, -0.2) is 74.0 Å². The van der Waals surface area contributed by atoms with E-state index in [0.29, 0.717) is 38.2 Å². The number of benzene rings is 1. The predicted molar refractivity (Wildman–Crippen MR) is 97.0 cm³/mol. The zero-order valence-electron chi connectivity index (χ0n) is 15.3. The number of aliphatic carboxylic acids is 1. The molecule has 1 amide bonds. The maximum Gasteiger partial charge on any atom is 0.308 e. The van der Waals surface area contributed by atoms with Gasteiger partial charge < -0.3 is 14.7 Å². The number of amides is 1. The average molecular weight is 396 g/mol. The largest absolute Gasteiger partial charge is 0.481 e. The second-order valence-corrected chi connectivity index (χ2v) is 8.67. The Morgan fingerprint density at radius 3 is 2.52 bits per heavy atom. The van der Waals surface area contributed by atoms with Gasteiger partial charge in [-0.1, -0.05) is 13.0 Å². The Labute approximate surface area is 158 Å². The van der Waals surface area contributed by atoms with Gasteiger partial charge in [-0.05, 0) is 30.5 Å². The minimum Gasteiger partial charge on any atom is -0.481 e. The molecule has 2 saturated heterocycles. The summed E-state index contributed by atoms with van der Waals surface area (Å²) in [4.78, 5) is 25.5. The average Bonchev–Trinajstić information content (AvgIpc) is 3.18. The first-order valence-electron chi connectivity index (χ1n) is 9.07. The van der Waals surface area contributed by atoms with Crippen LogP contribution in [0.15, 0.2) is 23.1 Å². The number of sulfonamides is 1. The van der Waals surface area contributed by atoms with Crippen LogP contribution in [-0.2, 0) is 26.0 Å². The third kappa shape index (κ3) is 3.99. The smallest absolute Gasteiger partial charge is 0.308 e. The van der Waals surface area contributed by atoms with E-state index in [1.54, 1.807) is 12.1 Å². The maximum absolute atomic E-state index is 13.1. The zero-order chi connectivity index (χ0) is 19.6. The van der Waals surface area contributed by atoms with Crippen molar-refractivity contribution in [2.75, 3.05) is 39.4 Å². The predicted octanol–water partition coefficient (Wildman–Crippen LogP) is 0.817. The van der Waals surface area contributed by atoms with E-state index in [1.165, 1.54) is 15.3 Å². The highest BCUT2D eigenvalue weighted by atomic mass is 32.2. The summed E-state index contributed by atoms with van der Waals surface area (Å²) in [7, 11) is -3.72. The van der Waals surface area contributed by atoms with Crippen molar-refractivity contribution in [1.82, 2.24) is 9.21 Å². The molecule has 27 heavy (non-hydrogen) atoms. The van der Waals surface area contributed by atoms with E-state index in [0.717, 1.165) is 0 Å². The summed E-state index contributed by atoms with van der Waals surface area (Å²) in [6.45, 7) is 3.65. The highest BCUT2D eigenvalue weighted by molar-refractivity contribution is 7.89. The van der Waals surface area contributed by atoms with Gasteiger partial charge in [-0.2, -0.15) is 4.31 Å². The lowest BCUT2D eigenvalue weighted by Gasteiger charge is -2.27. The highest BCUT2D eigenvalue weighted by Crippen LogP contribution is 2.25. The van der Waals surface area contributed by atoms with Gasteiger partial charge >= 0.3 is 5.97 Å². The van der Waals surface area contributed by atoms with Gasteiger partial charge in [-0.3, -0.25) is 9.59 Å². The maximum atomic E-state index is 13.1. The quantitative estimate of drug-likeness (QED) is 0.790. The Kier molecular flexibility index (Phi) is 5.83. The van der Waals surface area contributed by atoms with Gasteiger partial charge in [-0.15, -0.1) is 0 Å². The summed E-state index contributed by atoms with van der Waals surface area (Å²) in [5, 5.41) is 9.11. The van der Waals surface area contributed by atoms with E-state index in [9.17, 15) is 18.0 Å². The zero-order valence-corrected chi connectivity index (χ0v) is 16.1. The number of rotatable bonds is 5. The van der Waals surface area contributed by atoms with E-state index >= 15 is 0 Å². The Morgan fingerprint density at radius 1 is 1.22 bits per heavy atom. The van der Waals surface area contributed by atoms with Crippen LogP contribution in [0.5, 0.6) is 0 Å². The number of carboxylic acid groups (broad SMARTS) is 1. The number of nitrogens with zero attached hydrogens (tertiary/aromatic N) is 2. The number of ether oxygens (including phenoxy) is 1. The fourth-order valence-electron chi connectivity index (χ4n) is 3.47. The van der Waals surface area contributed by atoms with Crippen molar-refractivity contribution in [2.24, 2.45) is 5.92 Å². The van der Waals surface area contributed by atoms with Crippen LogP contribution in [0.2, 0.25) is 0 Å². The molecule has 2 aliphatic heterocycles. The van der Waals surface area contributed by atoms with E-state index in [4.69, 9.17) is 9.84 Å². The molecular weight excluding hydrogens is 372 g/mol. The second-order valence-electron chi connectivity index (χ2n) is 6.77. The van der Waals surface area contributed by atoms with Crippen LogP contribution in [0.1, 0.15) is 29.3 Å². The molecule has 1 atom stereocenters. The second kappa shape index (κ2) is 7.95. The van der Waals surface area contributed by atoms with Gasteiger partial charge in [0.1, 0.15) is 0 Å². The molecule has 1 unspecified atom stereocenters. The number of carbonyl (C=O) groups is 2. The van der Waals surface area contributed by atoms with Crippen molar-refractivity contribution < 1.29 is 27.9 Å². The normalized spacial score (nSPS) is 21.4. The van der Waals surface area contributed by atoms with Crippen LogP contribution in [0.4, 0.5) is 0 Å². The molecule has 148 valence electrons. The van der Waals surface area contributed by atoms with Crippen molar-refractivity contribution >= 4 is 21.9 Å². The van der Waals surface area contributed by atoms with E-state index in [1.807, 2.05) is 6.92 Å². The van der Waals surface area contributed by atoms with E-state index < -0.39 is 21.9 Å². The van der Waals surface area contributed by atoms with Crippen LogP contribution in [0.3, 0.4) is 0 Å². The minimum atomic E-state index is -3.72. The fourth-order valence-corrected chi connectivity index (χ4v) is 5.20. The molecular formula is C18H24N2O6S. The first kappa shape index (κ1) is 19.8. The summed E-state index contributed by atoms with van der Waals surface area (Å²) >= 11 is 0. The molecule has 1 N–H and O–H groups in total. The van der Waals surface area contributed by atoms with Crippen LogP contribution in [0, 0.1) is 5.92 Å². The highest BCUT2D eigenvalue weighted by Gasteiger charge is 2.33. The monoisotopic (exact) mass is 396 g/mol. The number of hydrogen-bond donors (Lipinski definition) is 1. The van der Waals surface area contributed by atoms with Gasteiger partial charge in [-0.25, -0.2) is 8.42 Å². The van der Waals surface area contributed by atoms with Gasteiger partial charge in [0.2, 0.25) is 10.0 Å². The molecule has 1 aromatic carbocycles. The topological polar surface area (TPSA) is 104 Å². The Morgan fingerprint density at radius 2 is 1.93 bits per heavy atom. The van der Waals surface area contributed by atoms with Crippen molar-refractivity contribution in [2.45, 2.75) is 24.7 Å². The molecule has 0 bridgehead atoms. The molecule has 0 spiro atoms. The molecule has 2 fully saturated rings. The van der Waals surface area contributed by atoms with E-state index in [2.05, 4.69) is 0 Å². The number of carbonyl (C=O) groups excluding carboxylic acids is 1. The summed E-state index contributed by atoms with van der Waals surface area (Å²) in [6, 6.07) is 4.72. The summed E-state index contributed by atoms with van der Waals surface area (Å²) in [5.41, 5.74) is 0.924. The van der Waals surface area contributed by atoms with E-state index in [-0.39, 0.29) is 36.0 Å². The number of hydrogen-bond acceptors (Lipinski definition) is 5. The minimum absolute atomic E-state index is 0.145. The lowest BCUT2D eigenvalue weighted by atomic mass is 10.1. The van der Waals surface area contributed by atoms with Gasteiger partial charge in [0.05, 0.1) is 24.0 Å². The number of likely N-dealkylation sites (tertiary alicyclic amines) is 1. The molecule has 0 saturated carbocycles. The van der Waals surface area contributed by atoms with Gasteiger partial charge in [0, 0.05) is 31.7 Å².